The largest absolute Gasteiger partial charge is 0.378 e. The third-order valence-corrected chi connectivity index (χ3v) is 6.44. The maximum Gasteiger partial charge on any atom is 0.129 e. The van der Waals surface area contributed by atoms with Crippen molar-refractivity contribution in [3.8, 4) is 11.3 Å². The smallest absolute Gasteiger partial charge is 0.129 e. The van der Waals surface area contributed by atoms with Gasteiger partial charge >= 0.3 is 0 Å². The van der Waals surface area contributed by atoms with Gasteiger partial charge in [-0.15, -0.1) is 0 Å². The first-order valence-corrected chi connectivity index (χ1v) is 12.5. The van der Waals surface area contributed by atoms with Crippen LogP contribution < -0.4 is 4.90 Å². The molecule has 3 aromatic rings. The SMILES string of the molecule is Brc1ccc2c(c1)c(-c1ccnc(N3CCOCC3)c1)nn2PI. The van der Waals surface area contributed by atoms with Gasteiger partial charge in [0.1, 0.15) is 11.5 Å². The van der Waals surface area contributed by atoms with E-state index in [1.54, 1.807) is 0 Å². The van der Waals surface area contributed by atoms with Crippen LogP contribution in [0, 0.1) is 0 Å². The summed E-state index contributed by atoms with van der Waals surface area (Å²) < 4.78 is 8.56. The van der Waals surface area contributed by atoms with E-state index in [0.29, 0.717) is 6.37 Å². The molecule has 0 amide bonds. The number of ether oxygens (including phenoxy) is 1. The number of rotatable bonds is 3. The number of pyridine rings is 1. The monoisotopic (exact) mass is 516 g/mol. The first kappa shape index (κ1) is 16.7. The van der Waals surface area contributed by atoms with Crippen molar-refractivity contribution in [3.05, 3.63) is 41.0 Å². The van der Waals surface area contributed by atoms with Crippen LogP contribution >= 0.6 is 44.3 Å². The van der Waals surface area contributed by atoms with E-state index in [2.05, 4.69) is 76.6 Å². The predicted molar refractivity (Wildman–Crippen MR) is 111 cm³/mol. The minimum absolute atomic E-state index is 0.566. The van der Waals surface area contributed by atoms with Crippen LogP contribution in [0.4, 0.5) is 5.82 Å². The Balaban J connectivity index is 1.81. The molecule has 0 saturated carbocycles. The van der Waals surface area contributed by atoms with Crippen molar-refractivity contribution in [2.75, 3.05) is 31.2 Å². The van der Waals surface area contributed by atoms with E-state index >= 15 is 0 Å². The summed E-state index contributed by atoms with van der Waals surface area (Å²) in [6.45, 7) is 3.28. The van der Waals surface area contributed by atoms with E-state index in [1.807, 2.05) is 12.3 Å². The second-order valence-corrected chi connectivity index (χ2v) is 8.46. The number of anilines is 1. The second-order valence-electron chi connectivity index (χ2n) is 5.51. The van der Waals surface area contributed by atoms with Crippen LogP contribution in [0.15, 0.2) is 41.0 Å². The van der Waals surface area contributed by atoms with Crippen molar-refractivity contribution in [2.45, 2.75) is 0 Å². The van der Waals surface area contributed by atoms with E-state index in [-0.39, 0.29) is 0 Å². The highest BCUT2D eigenvalue weighted by Gasteiger charge is 2.16. The molecule has 1 fully saturated rings. The molecule has 5 nitrogen and oxygen atoms in total. The fourth-order valence-electron chi connectivity index (χ4n) is 2.90. The number of benzene rings is 1. The van der Waals surface area contributed by atoms with Gasteiger partial charge in [0.15, 0.2) is 0 Å². The molecule has 8 heteroatoms. The average Bonchev–Trinajstić information content (AvgIpc) is 3.00. The minimum atomic E-state index is 0.566. The summed E-state index contributed by atoms with van der Waals surface area (Å²) in [5, 5.41) is 5.99. The summed E-state index contributed by atoms with van der Waals surface area (Å²) in [6, 6.07) is 10.5. The lowest BCUT2D eigenvalue weighted by Gasteiger charge is -2.27. The van der Waals surface area contributed by atoms with Gasteiger partial charge in [0.05, 0.1) is 25.1 Å². The normalized spacial score (nSPS) is 15.7. The van der Waals surface area contributed by atoms with Crippen molar-refractivity contribution >= 4 is 61.1 Å². The Hall–Kier alpha value is -0.760. The highest BCUT2D eigenvalue weighted by molar-refractivity contribution is 14.2. The fraction of sp³-hybridized carbons (Fsp3) is 0.250. The lowest BCUT2D eigenvalue weighted by molar-refractivity contribution is 0.122. The number of morpholine rings is 1. The molecule has 0 aliphatic carbocycles. The molecule has 1 aliphatic heterocycles. The van der Waals surface area contributed by atoms with Gasteiger partial charge in [0.2, 0.25) is 0 Å². The lowest BCUT2D eigenvalue weighted by atomic mass is 10.1. The Morgan fingerprint density at radius 2 is 2.00 bits per heavy atom. The van der Waals surface area contributed by atoms with Crippen LogP contribution in [0.2, 0.25) is 0 Å². The quantitative estimate of drug-likeness (QED) is 0.380. The van der Waals surface area contributed by atoms with E-state index in [0.717, 1.165) is 58.8 Å². The van der Waals surface area contributed by atoms with Gasteiger partial charge in [0.25, 0.3) is 0 Å². The van der Waals surface area contributed by atoms with Crippen LogP contribution in [0.1, 0.15) is 0 Å². The third kappa shape index (κ3) is 3.19. The molecule has 1 unspecified atom stereocenters. The Morgan fingerprint density at radius 1 is 1.17 bits per heavy atom. The number of halogens is 2. The summed E-state index contributed by atoms with van der Waals surface area (Å²) in [7, 11) is 0. The summed E-state index contributed by atoms with van der Waals surface area (Å²) in [4.78, 5) is 6.81. The standard InChI is InChI=1S/C16H15BrIN4OP/c17-12-1-2-14-13(10-12)16(20-22(14)24-18)11-3-4-19-15(9-11)21-5-7-23-8-6-21/h1-4,9-10,24H,5-8H2. The van der Waals surface area contributed by atoms with Gasteiger partial charge < -0.3 is 9.64 Å². The number of nitrogens with zero attached hydrogens (tertiary/aromatic N) is 4. The lowest BCUT2D eigenvalue weighted by Crippen LogP contribution is -2.36. The predicted octanol–water partition coefficient (Wildman–Crippen LogP) is 4.49. The number of aromatic nitrogens is 3. The number of fused-ring (bicyclic) bond motifs is 1. The second kappa shape index (κ2) is 7.23. The maximum absolute atomic E-state index is 5.43. The molecule has 0 N–H and O–H groups in total. The molecule has 4 rings (SSSR count). The zero-order valence-electron chi connectivity index (χ0n) is 12.7. The maximum atomic E-state index is 5.43. The first-order chi connectivity index (χ1) is 11.8. The van der Waals surface area contributed by atoms with Crippen LogP contribution in [0.25, 0.3) is 22.2 Å². The molecule has 1 atom stereocenters. The van der Waals surface area contributed by atoms with Crippen LogP contribution in [-0.4, -0.2) is 40.8 Å². The topological polar surface area (TPSA) is 43.2 Å². The molecule has 1 saturated heterocycles. The van der Waals surface area contributed by atoms with Crippen molar-refractivity contribution < 1.29 is 4.74 Å². The number of hydrogen-bond donors (Lipinski definition) is 0. The van der Waals surface area contributed by atoms with E-state index in [1.165, 1.54) is 0 Å². The van der Waals surface area contributed by atoms with Crippen molar-refractivity contribution in [1.82, 2.24) is 14.5 Å². The molecular weight excluding hydrogens is 502 g/mol. The average molecular weight is 517 g/mol. The molecular formula is C16H15BrIN4OP. The molecule has 2 aromatic heterocycles. The highest BCUT2D eigenvalue weighted by atomic mass is 127. The summed E-state index contributed by atoms with van der Waals surface area (Å²) >= 11 is 5.94. The minimum Gasteiger partial charge on any atom is -0.378 e. The van der Waals surface area contributed by atoms with E-state index in [9.17, 15) is 0 Å². The summed E-state index contributed by atoms with van der Waals surface area (Å²) in [5.74, 6) is 0.991. The zero-order valence-corrected chi connectivity index (χ0v) is 17.5. The third-order valence-electron chi connectivity index (χ3n) is 4.08. The molecule has 1 aromatic carbocycles. The van der Waals surface area contributed by atoms with Crippen molar-refractivity contribution in [1.29, 1.82) is 0 Å². The molecule has 0 spiro atoms. The highest BCUT2D eigenvalue weighted by Crippen LogP contribution is 2.36. The van der Waals surface area contributed by atoms with Gasteiger partial charge in [-0.3, -0.25) is 0 Å². The Kier molecular flexibility index (Phi) is 5.03. The molecule has 0 bridgehead atoms. The molecule has 24 heavy (non-hydrogen) atoms. The van der Waals surface area contributed by atoms with Crippen molar-refractivity contribution in [2.24, 2.45) is 0 Å². The Labute approximate surface area is 163 Å². The Bertz CT molecular complexity index is 882. The van der Waals surface area contributed by atoms with Gasteiger partial charge in [0, 0.05) is 34.7 Å². The van der Waals surface area contributed by atoms with Gasteiger partial charge in [-0.1, -0.05) is 15.9 Å². The summed E-state index contributed by atoms with van der Waals surface area (Å²) in [6.07, 6.45) is 2.44. The molecule has 0 radical (unpaired) electrons. The van der Waals surface area contributed by atoms with Crippen LogP contribution in [0.3, 0.4) is 0 Å². The fourth-order valence-corrected chi connectivity index (χ4v) is 4.79. The van der Waals surface area contributed by atoms with Gasteiger partial charge in [-0.25, -0.2) is 9.44 Å². The number of hydrogen-bond acceptors (Lipinski definition) is 4. The van der Waals surface area contributed by atoms with Crippen LogP contribution in [0.5, 0.6) is 0 Å². The summed E-state index contributed by atoms with van der Waals surface area (Å²) in [5.41, 5.74) is 3.26. The van der Waals surface area contributed by atoms with E-state index in [4.69, 9.17) is 9.84 Å². The molecule has 1 aliphatic rings. The Morgan fingerprint density at radius 3 is 2.79 bits per heavy atom. The van der Waals surface area contributed by atoms with Crippen molar-refractivity contribution in [3.63, 3.8) is 0 Å². The van der Waals surface area contributed by atoms with Gasteiger partial charge in [-0.2, -0.15) is 5.10 Å². The molecule has 3 heterocycles. The van der Waals surface area contributed by atoms with Gasteiger partial charge in [-0.05, 0) is 52.4 Å². The first-order valence-electron chi connectivity index (χ1n) is 7.60. The van der Waals surface area contributed by atoms with E-state index < -0.39 is 0 Å². The zero-order chi connectivity index (χ0) is 16.5. The van der Waals surface area contributed by atoms with Crippen LogP contribution in [-0.2, 0) is 4.74 Å². The molecule has 124 valence electrons.